The van der Waals surface area contributed by atoms with Gasteiger partial charge in [0.05, 0.1) is 21.4 Å². The minimum absolute atomic E-state index is 0.0684. The molecule has 3 N–H and O–H groups in total. The summed E-state index contributed by atoms with van der Waals surface area (Å²) in [5.74, 6) is -1.58. The third kappa shape index (κ3) is 6.16. The Bertz CT molecular complexity index is 1880. The fourth-order valence-corrected chi connectivity index (χ4v) is 6.19. The zero-order chi connectivity index (χ0) is 31.2. The van der Waals surface area contributed by atoms with Crippen molar-refractivity contribution in [1.82, 2.24) is 14.8 Å². The maximum Gasteiger partial charge on any atom is 0.433 e. The summed E-state index contributed by atoms with van der Waals surface area (Å²) in [6.45, 7) is 3.76. The SMILES string of the molecule is CCn1cc(-c2cc(C(F)(F)F)nc3sc(C(N)=O)c(NC(=O)c4ccc(COc5c(Cl)cc(Cl)cc5Cl)o4)c23)c(C)n1. The highest BCUT2D eigenvalue weighted by Crippen LogP contribution is 2.44. The number of primary amides is 1. The van der Waals surface area contributed by atoms with E-state index in [0.29, 0.717) is 34.2 Å². The minimum Gasteiger partial charge on any atom is -0.483 e. The van der Waals surface area contributed by atoms with Gasteiger partial charge in [0.1, 0.15) is 27.8 Å². The number of aryl methyl sites for hydroxylation is 2. The van der Waals surface area contributed by atoms with Crippen molar-refractivity contribution in [1.29, 1.82) is 0 Å². The van der Waals surface area contributed by atoms with Crippen LogP contribution in [0.1, 0.15) is 44.3 Å². The molecule has 4 aromatic heterocycles. The van der Waals surface area contributed by atoms with Gasteiger partial charge in [0, 0.05) is 28.7 Å². The molecule has 5 aromatic rings. The lowest BCUT2D eigenvalue weighted by Gasteiger charge is -2.11. The predicted octanol–water partition coefficient (Wildman–Crippen LogP) is 7.99. The van der Waals surface area contributed by atoms with Crippen LogP contribution in [0.5, 0.6) is 5.75 Å². The molecule has 0 saturated heterocycles. The number of benzene rings is 1. The highest BCUT2D eigenvalue weighted by molar-refractivity contribution is 7.21. The number of furan rings is 1. The number of amides is 2. The third-order valence-electron chi connectivity index (χ3n) is 6.18. The number of aromatic nitrogens is 3. The summed E-state index contributed by atoms with van der Waals surface area (Å²) < 4.78 is 54.3. The van der Waals surface area contributed by atoms with Gasteiger partial charge in [-0.1, -0.05) is 34.8 Å². The number of pyridine rings is 1. The molecule has 0 aliphatic rings. The molecule has 0 aliphatic heterocycles. The second-order valence-corrected chi connectivity index (χ2v) is 11.3. The number of hydrogen-bond donors (Lipinski definition) is 2. The van der Waals surface area contributed by atoms with Gasteiger partial charge in [0.25, 0.3) is 11.8 Å². The molecule has 2 amide bonds. The summed E-state index contributed by atoms with van der Waals surface area (Å²) in [6.07, 6.45) is -3.21. The van der Waals surface area contributed by atoms with E-state index in [9.17, 15) is 22.8 Å². The molecular formula is C27H19Cl3F3N5O4S. The summed E-state index contributed by atoms with van der Waals surface area (Å²) in [4.78, 5) is 29.1. The largest absolute Gasteiger partial charge is 0.483 e. The number of alkyl halides is 3. The molecule has 224 valence electrons. The first-order chi connectivity index (χ1) is 20.3. The molecule has 9 nitrogen and oxygen atoms in total. The Morgan fingerprint density at radius 3 is 2.44 bits per heavy atom. The predicted molar refractivity (Wildman–Crippen MR) is 157 cm³/mol. The molecule has 1 aromatic carbocycles. The van der Waals surface area contributed by atoms with Crippen molar-refractivity contribution in [2.24, 2.45) is 5.73 Å². The number of hydrogen-bond acceptors (Lipinski definition) is 7. The van der Waals surface area contributed by atoms with Gasteiger partial charge in [-0.25, -0.2) is 4.98 Å². The number of halogens is 6. The number of fused-ring (bicyclic) bond motifs is 1. The van der Waals surface area contributed by atoms with Crippen molar-refractivity contribution in [2.45, 2.75) is 33.2 Å². The minimum atomic E-state index is -4.79. The quantitative estimate of drug-likeness (QED) is 0.172. The van der Waals surface area contributed by atoms with Crippen LogP contribution in [0.15, 0.2) is 40.9 Å². The molecule has 0 unspecified atom stereocenters. The van der Waals surface area contributed by atoms with Crippen LogP contribution in [0, 0.1) is 6.92 Å². The molecule has 0 saturated carbocycles. The van der Waals surface area contributed by atoms with Crippen LogP contribution in [0.3, 0.4) is 0 Å². The average Bonchev–Trinajstić information content (AvgIpc) is 3.64. The van der Waals surface area contributed by atoms with E-state index < -0.39 is 23.7 Å². The summed E-state index contributed by atoms with van der Waals surface area (Å²) in [6, 6.07) is 6.58. The zero-order valence-corrected chi connectivity index (χ0v) is 25.2. The van der Waals surface area contributed by atoms with Gasteiger partial charge in [0.15, 0.2) is 11.5 Å². The van der Waals surface area contributed by atoms with Crippen LogP contribution in [0.4, 0.5) is 18.9 Å². The van der Waals surface area contributed by atoms with Crippen LogP contribution >= 0.6 is 46.1 Å². The van der Waals surface area contributed by atoms with Gasteiger partial charge in [-0.3, -0.25) is 14.3 Å². The first-order valence-electron chi connectivity index (χ1n) is 12.3. The molecule has 4 heterocycles. The second kappa shape index (κ2) is 11.7. The maximum absolute atomic E-state index is 13.8. The van der Waals surface area contributed by atoms with E-state index in [2.05, 4.69) is 15.4 Å². The van der Waals surface area contributed by atoms with Gasteiger partial charge in [-0.2, -0.15) is 18.3 Å². The number of nitrogens with two attached hydrogens (primary N) is 1. The molecule has 0 aliphatic carbocycles. The number of thiophene rings is 1. The topological polar surface area (TPSA) is 125 Å². The average molecular weight is 673 g/mol. The van der Waals surface area contributed by atoms with Gasteiger partial charge in [-0.15, -0.1) is 11.3 Å². The van der Waals surface area contributed by atoms with Crippen molar-refractivity contribution in [3.05, 3.63) is 79.4 Å². The monoisotopic (exact) mass is 671 g/mol. The molecule has 0 atom stereocenters. The Morgan fingerprint density at radius 2 is 1.84 bits per heavy atom. The van der Waals surface area contributed by atoms with E-state index in [1.807, 2.05) is 6.92 Å². The van der Waals surface area contributed by atoms with Crippen molar-refractivity contribution >= 4 is 73.9 Å². The highest BCUT2D eigenvalue weighted by Gasteiger charge is 2.35. The number of carbonyl (C=O) groups is 2. The number of ether oxygens (including phenoxy) is 1. The van der Waals surface area contributed by atoms with Crippen molar-refractivity contribution in [2.75, 3.05) is 5.32 Å². The van der Waals surface area contributed by atoms with Crippen molar-refractivity contribution in [3.63, 3.8) is 0 Å². The van der Waals surface area contributed by atoms with Gasteiger partial charge in [0.2, 0.25) is 0 Å². The van der Waals surface area contributed by atoms with Crippen LogP contribution < -0.4 is 15.8 Å². The standard InChI is InChI=1S/C27H19Cl3F3N5O4S/c1-3-38-9-15(11(2)37-38)14-8-19(27(31,32)33)35-26-20(14)21(23(43-26)24(34)39)36-25(40)18-5-4-13(42-18)10-41-22-16(29)6-12(28)7-17(22)30/h4-9H,3,10H2,1-2H3,(H2,34,39)(H,36,40). The van der Waals surface area contributed by atoms with Crippen LogP contribution in [0.2, 0.25) is 15.1 Å². The van der Waals surface area contributed by atoms with E-state index >= 15 is 0 Å². The second-order valence-electron chi connectivity index (χ2n) is 9.09. The molecular weight excluding hydrogens is 654 g/mol. The summed E-state index contributed by atoms with van der Waals surface area (Å²) >= 11 is 18.8. The van der Waals surface area contributed by atoms with E-state index in [-0.39, 0.29) is 60.3 Å². The molecule has 0 bridgehead atoms. The smallest absolute Gasteiger partial charge is 0.433 e. The third-order valence-corrected chi connectivity index (χ3v) is 8.06. The molecule has 16 heteroatoms. The Labute approximate surface area is 260 Å². The Kier molecular flexibility index (Phi) is 8.36. The Morgan fingerprint density at radius 1 is 1.14 bits per heavy atom. The van der Waals surface area contributed by atoms with E-state index in [0.717, 1.165) is 6.07 Å². The van der Waals surface area contributed by atoms with E-state index in [1.54, 1.807) is 17.8 Å². The number of carbonyl (C=O) groups excluding carboxylic acids is 2. The fourth-order valence-electron chi connectivity index (χ4n) is 4.26. The van der Waals surface area contributed by atoms with Crippen molar-refractivity contribution in [3.8, 4) is 16.9 Å². The van der Waals surface area contributed by atoms with Gasteiger partial charge < -0.3 is 20.2 Å². The Balaban J connectivity index is 1.53. The van der Waals surface area contributed by atoms with E-state index in [4.69, 9.17) is 49.7 Å². The number of anilines is 1. The van der Waals surface area contributed by atoms with Crippen molar-refractivity contribution < 1.29 is 31.9 Å². The lowest BCUT2D eigenvalue weighted by atomic mass is 10.0. The lowest BCUT2D eigenvalue weighted by molar-refractivity contribution is -0.140. The number of nitrogens with one attached hydrogen (secondary N) is 1. The molecule has 0 spiro atoms. The normalized spacial score (nSPS) is 11.7. The first kappa shape index (κ1) is 30.7. The fraction of sp³-hybridized carbons (Fsp3) is 0.185. The lowest BCUT2D eigenvalue weighted by Crippen LogP contribution is -2.16. The van der Waals surface area contributed by atoms with Crippen LogP contribution in [-0.2, 0) is 19.3 Å². The summed E-state index contributed by atoms with van der Waals surface area (Å²) in [7, 11) is 0. The summed E-state index contributed by atoms with van der Waals surface area (Å²) in [5.41, 5.74) is 5.16. The highest BCUT2D eigenvalue weighted by atomic mass is 35.5. The zero-order valence-electron chi connectivity index (χ0n) is 22.1. The van der Waals surface area contributed by atoms with Gasteiger partial charge in [-0.05, 0) is 49.7 Å². The molecule has 43 heavy (non-hydrogen) atoms. The maximum atomic E-state index is 13.8. The molecule has 0 fully saturated rings. The Hall–Kier alpha value is -3.78. The van der Waals surface area contributed by atoms with Crippen LogP contribution in [-0.4, -0.2) is 26.6 Å². The van der Waals surface area contributed by atoms with E-state index in [1.165, 1.54) is 24.3 Å². The van der Waals surface area contributed by atoms with Gasteiger partial charge >= 0.3 is 6.18 Å². The number of rotatable bonds is 8. The molecule has 0 radical (unpaired) electrons. The van der Waals surface area contributed by atoms with Crippen LogP contribution in [0.25, 0.3) is 21.3 Å². The first-order valence-corrected chi connectivity index (χ1v) is 14.3. The number of nitrogens with zero attached hydrogens (tertiary/aromatic N) is 3. The summed E-state index contributed by atoms with van der Waals surface area (Å²) in [5, 5.41) is 7.67. The molecule has 5 rings (SSSR count).